The van der Waals surface area contributed by atoms with Gasteiger partial charge in [0.15, 0.2) is 0 Å². The minimum Gasteiger partial charge on any atom is -0.455 e. The van der Waals surface area contributed by atoms with Crippen molar-refractivity contribution in [3.63, 3.8) is 0 Å². The van der Waals surface area contributed by atoms with Gasteiger partial charge in [0.25, 0.3) is 0 Å². The molecule has 0 unspecified atom stereocenters. The summed E-state index contributed by atoms with van der Waals surface area (Å²) in [6.45, 7) is 0. The van der Waals surface area contributed by atoms with Crippen molar-refractivity contribution < 1.29 is 4.42 Å². The van der Waals surface area contributed by atoms with E-state index in [1.165, 1.54) is 66.1 Å². The number of fused-ring (bicyclic) bond motifs is 9. The van der Waals surface area contributed by atoms with Gasteiger partial charge < -0.3 is 9.32 Å². The summed E-state index contributed by atoms with van der Waals surface area (Å²) >= 11 is 0. The third-order valence-electron chi connectivity index (χ3n) is 15.2. The molecule has 1 aromatic heterocycles. The third-order valence-corrected chi connectivity index (χ3v) is 15.2. The Kier molecular flexibility index (Phi) is 9.86. The molecule has 0 spiro atoms. The van der Waals surface area contributed by atoms with Crippen LogP contribution in [-0.4, -0.2) is 0 Å². The van der Waals surface area contributed by atoms with Crippen molar-refractivity contribution in [1.29, 1.82) is 0 Å². The van der Waals surface area contributed by atoms with Gasteiger partial charge in [-0.3, -0.25) is 0 Å². The summed E-state index contributed by atoms with van der Waals surface area (Å²) < 4.78 is 6.71. The van der Waals surface area contributed by atoms with E-state index in [0.29, 0.717) is 0 Å². The molecule has 2 nitrogen and oxygen atoms in total. The lowest BCUT2D eigenvalue weighted by atomic mass is 9.68. The normalized spacial score (nSPS) is 12.6. The summed E-state index contributed by atoms with van der Waals surface area (Å²) in [5, 5.41) is 7.33. The van der Waals surface area contributed by atoms with E-state index in [2.05, 4.69) is 272 Å². The SMILES string of the molecule is c1ccc(-c2ccc(Cc3cc4ccccc4c4ccccc34)cc2N(c2cccc(-c3cccc4c3oc3ccccc34)c2)c2cccc3c2-c2ccccc2C3(c2ccccc2)c2ccccc2)cc1. The first kappa shape index (κ1) is 41.7. The Morgan fingerprint density at radius 1 is 0.361 bits per heavy atom. The first-order valence-electron chi connectivity index (χ1n) is 25.0. The number of benzene rings is 12. The molecular weight excluding hydrogens is 871 g/mol. The fraction of sp³-hybridized carbons (Fsp3) is 0.0286. The van der Waals surface area contributed by atoms with Crippen LogP contribution >= 0.6 is 0 Å². The van der Waals surface area contributed by atoms with Gasteiger partial charge in [-0.05, 0) is 108 Å². The van der Waals surface area contributed by atoms with Crippen LogP contribution in [0.2, 0.25) is 0 Å². The van der Waals surface area contributed by atoms with Gasteiger partial charge in [0.2, 0.25) is 0 Å². The first-order valence-corrected chi connectivity index (χ1v) is 25.0. The average molecular weight is 918 g/mol. The van der Waals surface area contributed by atoms with Crippen molar-refractivity contribution in [2.45, 2.75) is 11.8 Å². The van der Waals surface area contributed by atoms with Gasteiger partial charge in [-0.1, -0.05) is 243 Å². The highest BCUT2D eigenvalue weighted by molar-refractivity contribution is 6.11. The summed E-state index contributed by atoms with van der Waals surface area (Å²) in [6.07, 6.45) is 0.760. The van der Waals surface area contributed by atoms with Gasteiger partial charge >= 0.3 is 0 Å². The van der Waals surface area contributed by atoms with Crippen molar-refractivity contribution in [3.8, 4) is 33.4 Å². The largest absolute Gasteiger partial charge is 0.455 e. The number of furan rings is 1. The first-order chi connectivity index (χ1) is 35.7. The molecule has 0 amide bonds. The Balaban J connectivity index is 1.06. The van der Waals surface area contributed by atoms with Crippen molar-refractivity contribution >= 4 is 60.5 Å². The molecule has 1 aliphatic rings. The van der Waals surface area contributed by atoms with E-state index in [1.54, 1.807) is 0 Å². The van der Waals surface area contributed by atoms with Gasteiger partial charge in [-0.15, -0.1) is 0 Å². The Morgan fingerprint density at radius 3 is 1.76 bits per heavy atom. The topological polar surface area (TPSA) is 16.4 Å². The molecule has 12 aromatic carbocycles. The van der Waals surface area contributed by atoms with E-state index in [1.807, 2.05) is 6.07 Å². The van der Waals surface area contributed by atoms with E-state index >= 15 is 0 Å². The zero-order valence-electron chi connectivity index (χ0n) is 39.5. The fourth-order valence-electron chi connectivity index (χ4n) is 12.1. The Bertz CT molecular complexity index is 4150. The summed E-state index contributed by atoms with van der Waals surface area (Å²) in [6, 6.07) is 100. The Labute approximate surface area is 419 Å². The van der Waals surface area contributed by atoms with Crippen molar-refractivity contribution in [2.24, 2.45) is 0 Å². The molecule has 0 saturated carbocycles. The number of rotatable bonds is 9. The summed E-state index contributed by atoms with van der Waals surface area (Å²) in [7, 11) is 0. The van der Waals surface area contributed by atoms with E-state index in [-0.39, 0.29) is 0 Å². The molecule has 14 rings (SSSR count). The smallest absolute Gasteiger partial charge is 0.143 e. The van der Waals surface area contributed by atoms with E-state index < -0.39 is 5.41 Å². The average Bonchev–Trinajstić information content (AvgIpc) is 3.99. The maximum atomic E-state index is 6.71. The summed E-state index contributed by atoms with van der Waals surface area (Å²) in [4.78, 5) is 2.55. The van der Waals surface area contributed by atoms with Gasteiger partial charge in [-0.25, -0.2) is 0 Å². The standard InChI is InChI=1S/C70H47NO/c1-4-21-48(22-5-1)57-42-41-47(43-51-45-49-23-10-11-30-55(49)59-32-13-12-31-56(51)59)44-66(57)71(54-29-18-24-50(46-54)58-35-19-36-61-60-33-15-17-40-67(60)72-69(58)61)65-39-20-38-64-68(65)62-34-14-16-37-63(62)70(64,52-25-6-2-7-26-52)53-27-8-3-9-28-53/h1-42,44-46H,43H2. The van der Waals surface area contributed by atoms with Gasteiger partial charge in [0.1, 0.15) is 11.2 Å². The molecule has 0 N–H and O–H groups in total. The second kappa shape index (κ2) is 17.0. The molecule has 0 fully saturated rings. The molecule has 0 bridgehead atoms. The monoisotopic (exact) mass is 917 g/mol. The van der Waals surface area contributed by atoms with E-state index in [9.17, 15) is 0 Å². The van der Waals surface area contributed by atoms with Crippen LogP contribution in [0.3, 0.4) is 0 Å². The second-order valence-electron chi connectivity index (χ2n) is 19.1. The Morgan fingerprint density at radius 2 is 0.958 bits per heavy atom. The molecular formula is C70H47NO. The molecule has 0 radical (unpaired) electrons. The van der Waals surface area contributed by atoms with E-state index in [0.717, 1.165) is 67.7 Å². The molecule has 0 saturated heterocycles. The van der Waals surface area contributed by atoms with Crippen LogP contribution in [0.15, 0.2) is 277 Å². The van der Waals surface area contributed by atoms with Gasteiger partial charge in [0, 0.05) is 33.2 Å². The van der Waals surface area contributed by atoms with E-state index in [4.69, 9.17) is 4.42 Å². The molecule has 1 heterocycles. The van der Waals surface area contributed by atoms with Crippen LogP contribution < -0.4 is 4.90 Å². The van der Waals surface area contributed by atoms with Crippen LogP contribution in [0.5, 0.6) is 0 Å². The predicted octanol–water partition coefficient (Wildman–Crippen LogP) is 18.7. The van der Waals surface area contributed by atoms with Crippen LogP contribution in [0.25, 0.3) is 76.9 Å². The number of hydrogen-bond donors (Lipinski definition) is 0. The zero-order chi connectivity index (χ0) is 47.6. The fourth-order valence-corrected chi connectivity index (χ4v) is 12.1. The lowest BCUT2D eigenvalue weighted by molar-refractivity contribution is 0.670. The van der Waals surface area contributed by atoms with Crippen molar-refractivity contribution in [1.82, 2.24) is 0 Å². The maximum absolute atomic E-state index is 6.71. The highest BCUT2D eigenvalue weighted by Crippen LogP contribution is 2.60. The van der Waals surface area contributed by atoms with Gasteiger partial charge in [0.05, 0.1) is 16.8 Å². The van der Waals surface area contributed by atoms with Crippen LogP contribution in [0.1, 0.15) is 33.4 Å². The molecule has 338 valence electrons. The number of anilines is 3. The van der Waals surface area contributed by atoms with Gasteiger partial charge in [-0.2, -0.15) is 0 Å². The lowest BCUT2D eigenvalue weighted by Gasteiger charge is -2.35. The molecule has 13 aromatic rings. The number of para-hydroxylation sites is 2. The zero-order valence-corrected chi connectivity index (χ0v) is 39.5. The summed E-state index contributed by atoms with van der Waals surface area (Å²) in [5.41, 5.74) is 18.9. The van der Waals surface area contributed by atoms with Crippen LogP contribution in [0.4, 0.5) is 17.1 Å². The van der Waals surface area contributed by atoms with Crippen LogP contribution in [0, 0.1) is 0 Å². The molecule has 0 atom stereocenters. The van der Waals surface area contributed by atoms with Crippen molar-refractivity contribution in [2.75, 3.05) is 4.90 Å². The quantitative estimate of drug-likeness (QED) is 0.134. The predicted molar refractivity (Wildman–Crippen MR) is 301 cm³/mol. The molecule has 0 aliphatic heterocycles. The lowest BCUT2D eigenvalue weighted by Crippen LogP contribution is -2.28. The third kappa shape index (κ3) is 6.57. The maximum Gasteiger partial charge on any atom is 0.143 e. The molecule has 2 heteroatoms. The Hall–Kier alpha value is -9.24. The minimum absolute atomic E-state index is 0.573. The highest BCUT2D eigenvalue weighted by Gasteiger charge is 2.47. The minimum atomic E-state index is -0.573. The molecule has 72 heavy (non-hydrogen) atoms. The summed E-state index contributed by atoms with van der Waals surface area (Å²) in [5.74, 6) is 0. The van der Waals surface area contributed by atoms with Crippen LogP contribution in [-0.2, 0) is 11.8 Å². The number of hydrogen-bond acceptors (Lipinski definition) is 2. The molecule has 1 aliphatic carbocycles. The second-order valence-corrected chi connectivity index (χ2v) is 19.1. The van der Waals surface area contributed by atoms with Crippen molar-refractivity contribution in [3.05, 3.63) is 306 Å². The number of nitrogens with zero attached hydrogens (tertiary/aromatic N) is 1. The highest BCUT2D eigenvalue weighted by atomic mass is 16.3.